The van der Waals surface area contributed by atoms with Crippen molar-refractivity contribution < 1.29 is 9.90 Å². The van der Waals surface area contributed by atoms with Crippen molar-refractivity contribution in [1.82, 2.24) is 20.0 Å². The van der Waals surface area contributed by atoms with E-state index in [1.165, 1.54) is 12.8 Å². The normalized spacial score (nSPS) is 29.1. The van der Waals surface area contributed by atoms with E-state index in [4.69, 9.17) is 0 Å². The van der Waals surface area contributed by atoms with Gasteiger partial charge in [0, 0.05) is 18.8 Å². The number of aliphatic hydroxyl groups excluding tert-OH is 1. The molecule has 1 aromatic heterocycles. The minimum absolute atomic E-state index is 0.158. The van der Waals surface area contributed by atoms with Crippen LogP contribution in [0.2, 0.25) is 0 Å². The van der Waals surface area contributed by atoms with Crippen LogP contribution in [0.15, 0.2) is 12.3 Å². The Balaban J connectivity index is 1.57. The van der Waals surface area contributed by atoms with E-state index in [0.29, 0.717) is 5.69 Å². The van der Waals surface area contributed by atoms with Crippen LogP contribution in [-0.4, -0.2) is 57.0 Å². The van der Waals surface area contributed by atoms with E-state index < -0.39 is 6.10 Å². The fraction of sp³-hybridized carbons (Fsp3) is 0.750. The summed E-state index contributed by atoms with van der Waals surface area (Å²) in [4.78, 5) is 14.6. The third-order valence-electron chi connectivity index (χ3n) is 4.83. The summed E-state index contributed by atoms with van der Waals surface area (Å²) < 4.78 is 1.78. The zero-order valence-electron chi connectivity index (χ0n) is 13.2. The molecule has 1 saturated carbocycles. The van der Waals surface area contributed by atoms with Crippen molar-refractivity contribution in [3.05, 3.63) is 18.0 Å². The Morgan fingerprint density at radius 2 is 2.18 bits per heavy atom. The number of hydrogen-bond acceptors (Lipinski definition) is 4. The molecule has 1 aromatic rings. The minimum Gasteiger partial charge on any atom is -0.389 e. The molecule has 2 heterocycles. The Kier molecular flexibility index (Phi) is 4.78. The van der Waals surface area contributed by atoms with Gasteiger partial charge >= 0.3 is 0 Å². The lowest BCUT2D eigenvalue weighted by Crippen LogP contribution is -2.47. The lowest BCUT2D eigenvalue weighted by atomic mass is 10.1. The van der Waals surface area contributed by atoms with E-state index in [-0.39, 0.29) is 18.0 Å². The smallest absolute Gasteiger partial charge is 0.272 e. The largest absolute Gasteiger partial charge is 0.389 e. The first kappa shape index (κ1) is 15.5. The number of nitrogens with one attached hydrogen (secondary N) is 1. The topological polar surface area (TPSA) is 70.4 Å². The second kappa shape index (κ2) is 6.79. The molecule has 2 aliphatic rings. The molecule has 3 atom stereocenters. The maximum absolute atomic E-state index is 12.3. The summed E-state index contributed by atoms with van der Waals surface area (Å²) in [5.74, 6) is -0.180. The van der Waals surface area contributed by atoms with E-state index in [0.717, 1.165) is 38.9 Å². The molecule has 6 heteroatoms. The molecule has 122 valence electrons. The minimum atomic E-state index is -0.472. The third-order valence-corrected chi connectivity index (χ3v) is 4.83. The van der Waals surface area contributed by atoms with Crippen LogP contribution >= 0.6 is 0 Å². The lowest BCUT2D eigenvalue weighted by Gasteiger charge is -2.28. The molecule has 2 N–H and O–H groups in total. The first-order valence-electron chi connectivity index (χ1n) is 8.45. The fourth-order valence-corrected chi connectivity index (χ4v) is 3.67. The second-order valence-electron chi connectivity index (χ2n) is 6.42. The number of aliphatic hydroxyl groups is 1. The average Bonchev–Trinajstić information content (AvgIpc) is 3.21. The first-order valence-corrected chi connectivity index (χ1v) is 8.45. The van der Waals surface area contributed by atoms with Gasteiger partial charge in [-0.3, -0.25) is 14.4 Å². The van der Waals surface area contributed by atoms with Gasteiger partial charge in [0.2, 0.25) is 0 Å². The second-order valence-corrected chi connectivity index (χ2v) is 6.42. The van der Waals surface area contributed by atoms with Gasteiger partial charge in [-0.1, -0.05) is 6.92 Å². The summed E-state index contributed by atoms with van der Waals surface area (Å²) in [5.41, 5.74) is 0.435. The Bertz CT molecular complexity index is 510. The predicted molar refractivity (Wildman–Crippen MR) is 83.6 cm³/mol. The van der Waals surface area contributed by atoms with Gasteiger partial charge in [-0.05, 0) is 51.3 Å². The molecule has 1 aliphatic carbocycles. The maximum Gasteiger partial charge on any atom is 0.272 e. The van der Waals surface area contributed by atoms with Crippen LogP contribution in [0, 0.1) is 0 Å². The maximum atomic E-state index is 12.3. The van der Waals surface area contributed by atoms with E-state index in [1.807, 2.05) is 6.20 Å². The van der Waals surface area contributed by atoms with Crippen LogP contribution in [-0.2, 0) is 6.54 Å². The van der Waals surface area contributed by atoms with Gasteiger partial charge in [0.25, 0.3) is 5.91 Å². The van der Waals surface area contributed by atoms with E-state index in [1.54, 1.807) is 10.7 Å². The van der Waals surface area contributed by atoms with Crippen molar-refractivity contribution in [1.29, 1.82) is 0 Å². The number of carbonyl (C=O) groups excluding carboxylic acids is 1. The Morgan fingerprint density at radius 3 is 2.91 bits per heavy atom. The highest BCUT2D eigenvalue weighted by molar-refractivity contribution is 5.92. The van der Waals surface area contributed by atoms with Crippen LogP contribution < -0.4 is 5.32 Å². The molecule has 3 rings (SSSR count). The Morgan fingerprint density at radius 1 is 1.41 bits per heavy atom. The number of carbonyl (C=O) groups is 1. The molecule has 2 fully saturated rings. The van der Waals surface area contributed by atoms with Crippen molar-refractivity contribution >= 4 is 5.91 Å². The molecule has 6 nitrogen and oxygen atoms in total. The Labute approximate surface area is 131 Å². The average molecular weight is 306 g/mol. The van der Waals surface area contributed by atoms with Crippen LogP contribution in [0.3, 0.4) is 0 Å². The standard InChI is InChI=1S/C16H26N4O2/c1-2-8-20-11-7-13(18-20)16(22)17-12-5-6-14(15(12)21)19-9-3-4-10-19/h7,11-12,14-15,21H,2-6,8-10H2,1H3,(H,17,22)/t12-,14-,15-/m1/s1. The predicted octanol–water partition coefficient (Wildman–Crippen LogP) is 1.01. The zero-order valence-corrected chi connectivity index (χ0v) is 13.2. The highest BCUT2D eigenvalue weighted by Gasteiger charge is 2.39. The molecule has 0 bridgehead atoms. The third kappa shape index (κ3) is 3.17. The van der Waals surface area contributed by atoms with Crippen molar-refractivity contribution in [2.75, 3.05) is 13.1 Å². The monoisotopic (exact) mass is 306 g/mol. The molecule has 1 amide bonds. The molecule has 0 aromatic carbocycles. The highest BCUT2D eigenvalue weighted by Crippen LogP contribution is 2.27. The first-order chi connectivity index (χ1) is 10.7. The molecule has 0 unspecified atom stereocenters. The van der Waals surface area contributed by atoms with Crippen LogP contribution in [0.4, 0.5) is 0 Å². The van der Waals surface area contributed by atoms with Gasteiger partial charge in [0.05, 0.1) is 12.1 Å². The van der Waals surface area contributed by atoms with Crippen molar-refractivity contribution in [3.63, 3.8) is 0 Å². The quantitative estimate of drug-likeness (QED) is 0.852. The van der Waals surface area contributed by atoms with Crippen LogP contribution in [0.5, 0.6) is 0 Å². The number of aryl methyl sites for hydroxylation is 1. The number of aromatic nitrogens is 2. The molecule has 0 spiro atoms. The molecular weight excluding hydrogens is 280 g/mol. The van der Waals surface area contributed by atoms with Gasteiger partial charge < -0.3 is 10.4 Å². The summed E-state index contributed by atoms with van der Waals surface area (Å²) in [6.45, 7) is 5.04. The van der Waals surface area contributed by atoms with Gasteiger partial charge in [0.1, 0.15) is 5.69 Å². The SMILES string of the molecule is CCCn1ccc(C(=O)N[C@@H]2CC[C@@H](N3CCCC3)[C@@H]2O)n1. The van der Waals surface area contributed by atoms with Crippen LogP contribution in [0.1, 0.15) is 49.5 Å². The number of likely N-dealkylation sites (tertiary alicyclic amines) is 1. The van der Waals surface area contributed by atoms with Crippen molar-refractivity contribution in [2.45, 2.75) is 63.8 Å². The number of rotatable bonds is 5. The fourth-order valence-electron chi connectivity index (χ4n) is 3.67. The number of amides is 1. The lowest BCUT2D eigenvalue weighted by molar-refractivity contribution is 0.0617. The number of nitrogens with zero attached hydrogens (tertiary/aromatic N) is 3. The van der Waals surface area contributed by atoms with Gasteiger partial charge in [-0.2, -0.15) is 5.10 Å². The summed E-state index contributed by atoms with van der Waals surface area (Å²) in [6, 6.07) is 1.78. The van der Waals surface area contributed by atoms with Gasteiger partial charge in [-0.25, -0.2) is 0 Å². The summed E-state index contributed by atoms with van der Waals surface area (Å²) in [5, 5.41) is 17.8. The van der Waals surface area contributed by atoms with Crippen LogP contribution in [0.25, 0.3) is 0 Å². The van der Waals surface area contributed by atoms with E-state index in [2.05, 4.69) is 22.2 Å². The van der Waals surface area contributed by atoms with Gasteiger partial charge in [0.15, 0.2) is 0 Å². The molecule has 1 saturated heterocycles. The summed E-state index contributed by atoms with van der Waals surface area (Å²) >= 11 is 0. The summed E-state index contributed by atoms with van der Waals surface area (Å²) in [7, 11) is 0. The molecule has 22 heavy (non-hydrogen) atoms. The van der Waals surface area contributed by atoms with E-state index in [9.17, 15) is 9.90 Å². The molecular formula is C16H26N4O2. The molecule has 0 radical (unpaired) electrons. The van der Waals surface area contributed by atoms with Gasteiger partial charge in [-0.15, -0.1) is 0 Å². The molecule has 1 aliphatic heterocycles. The zero-order chi connectivity index (χ0) is 15.5. The van der Waals surface area contributed by atoms with Crippen molar-refractivity contribution in [3.8, 4) is 0 Å². The Hall–Kier alpha value is -1.40. The van der Waals surface area contributed by atoms with Crippen molar-refractivity contribution in [2.24, 2.45) is 0 Å². The highest BCUT2D eigenvalue weighted by atomic mass is 16.3. The van der Waals surface area contributed by atoms with E-state index >= 15 is 0 Å². The number of hydrogen-bond donors (Lipinski definition) is 2. The summed E-state index contributed by atoms with van der Waals surface area (Å²) in [6.07, 6.45) is 6.57.